The summed E-state index contributed by atoms with van der Waals surface area (Å²) in [6.45, 7) is 0.298. The monoisotopic (exact) mass is 281 g/mol. The lowest BCUT2D eigenvalue weighted by molar-refractivity contribution is -0.384. The van der Waals surface area contributed by atoms with Crippen molar-refractivity contribution >= 4 is 23.3 Å². The molecule has 0 saturated carbocycles. The van der Waals surface area contributed by atoms with E-state index in [1.54, 1.807) is 0 Å². The second kappa shape index (κ2) is 7.07. The maximum Gasteiger partial charge on any atom is 0.303 e. The summed E-state index contributed by atoms with van der Waals surface area (Å²) >= 11 is 0. The van der Waals surface area contributed by atoms with E-state index in [4.69, 9.17) is 5.11 Å². The topological polar surface area (TPSA) is 122 Å². The van der Waals surface area contributed by atoms with Crippen LogP contribution in [0.25, 0.3) is 0 Å². The minimum absolute atomic E-state index is 0.0167. The number of benzene rings is 1. The Morgan fingerprint density at radius 2 is 2.10 bits per heavy atom. The lowest BCUT2D eigenvalue weighted by Crippen LogP contribution is -2.18. The van der Waals surface area contributed by atoms with Crippen LogP contribution in [0.4, 0.5) is 11.4 Å². The Morgan fingerprint density at radius 3 is 2.65 bits per heavy atom. The summed E-state index contributed by atoms with van der Waals surface area (Å²) in [6.07, 6.45) is 0.334. The van der Waals surface area contributed by atoms with Crippen LogP contribution >= 0.6 is 0 Å². The number of hydrogen-bond donors (Lipinski definition) is 3. The number of aliphatic carboxylic acids is 1. The van der Waals surface area contributed by atoms with E-state index in [9.17, 15) is 19.7 Å². The summed E-state index contributed by atoms with van der Waals surface area (Å²) in [4.78, 5) is 32.1. The van der Waals surface area contributed by atoms with Crippen molar-refractivity contribution in [1.29, 1.82) is 0 Å². The van der Waals surface area contributed by atoms with Crippen LogP contribution in [0, 0.1) is 10.1 Å². The highest BCUT2D eigenvalue weighted by molar-refractivity contribution is 5.95. The zero-order chi connectivity index (χ0) is 15.1. The van der Waals surface area contributed by atoms with Gasteiger partial charge in [-0.2, -0.15) is 0 Å². The van der Waals surface area contributed by atoms with Gasteiger partial charge in [-0.15, -0.1) is 0 Å². The highest BCUT2D eigenvalue weighted by Gasteiger charge is 2.16. The highest BCUT2D eigenvalue weighted by Crippen LogP contribution is 2.25. The van der Waals surface area contributed by atoms with Gasteiger partial charge in [0.1, 0.15) is 5.69 Å². The normalized spacial score (nSPS) is 9.85. The number of rotatable bonds is 7. The second-order valence-electron chi connectivity index (χ2n) is 3.99. The summed E-state index contributed by atoms with van der Waals surface area (Å²) in [6, 6.07) is 4.08. The lowest BCUT2D eigenvalue weighted by Gasteiger charge is -2.07. The predicted molar refractivity (Wildman–Crippen MR) is 71.8 cm³/mol. The van der Waals surface area contributed by atoms with Crippen molar-refractivity contribution in [1.82, 2.24) is 5.32 Å². The number of carbonyl (C=O) groups is 2. The number of anilines is 1. The third-order valence-electron chi connectivity index (χ3n) is 2.57. The third kappa shape index (κ3) is 4.23. The summed E-state index contributed by atoms with van der Waals surface area (Å²) in [5, 5.41) is 24.6. The van der Waals surface area contributed by atoms with E-state index < -0.39 is 16.8 Å². The fourth-order valence-corrected chi connectivity index (χ4v) is 1.58. The molecule has 0 fully saturated rings. The highest BCUT2D eigenvalue weighted by atomic mass is 16.6. The molecule has 20 heavy (non-hydrogen) atoms. The van der Waals surface area contributed by atoms with Crippen molar-refractivity contribution in [3.8, 4) is 0 Å². The number of carbonyl (C=O) groups excluding carboxylic acids is 1. The van der Waals surface area contributed by atoms with Gasteiger partial charge in [0.25, 0.3) is 11.6 Å². The molecule has 8 nitrogen and oxygen atoms in total. The number of amides is 1. The first kappa shape index (κ1) is 15.4. The van der Waals surface area contributed by atoms with Crippen molar-refractivity contribution in [3.63, 3.8) is 0 Å². The molecule has 1 aromatic rings. The third-order valence-corrected chi connectivity index (χ3v) is 2.57. The molecule has 0 radical (unpaired) electrons. The molecule has 108 valence electrons. The number of nitro benzene ring substituents is 1. The van der Waals surface area contributed by atoms with Gasteiger partial charge in [-0.05, 0) is 18.6 Å². The molecule has 1 aromatic carbocycles. The van der Waals surface area contributed by atoms with Crippen molar-refractivity contribution in [2.75, 3.05) is 18.9 Å². The average molecular weight is 281 g/mol. The van der Waals surface area contributed by atoms with Gasteiger partial charge in [-0.25, -0.2) is 0 Å². The smallest absolute Gasteiger partial charge is 0.303 e. The number of nitrogens with zero attached hydrogens (tertiary/aromatic N) is 1. The Morgan fingerprint density at radius 1 is 1.40 bits per heavy atom. The van der Waals surface area contributed by atoms with E-state index in [-0.39, 0.29) is 23.4 Å². The minimum Gasteiger partial charge on any atom is -0.481 e. The van der Waals surface area contributed by atoms with E-state index in [1.165, 1.54) is 25.2 Å². The largest absolute Gasteiger partial charge is 0.481 e. The Hall–Kier alpha value is -2.64. The van der Waals surface area contributed by atoms with E-state index in [2.05, 4.69) is 10.6 Å². The molecule has 1 amide bonds. The van der Waals surface area contributed by atoms with Crippen molar-refractivity contribution < 1.29 is 19.6 Å². The van der Waals surface area contributed by atoms with Crippen LogP contribution in [-0.4, -0.2) is 35.5 Å². The molecule has 0 heterocycles. The van der Waals surface area contributed by atoms with Crippen molar-refractivity contribution in [2.45, 2.75) is 12.8 Å². The van der Waals surface area contributed by atoms with Gasteiger partial charge in [0, 0.05) is 31.6 Å². The molecule has 0 aliphatic carbocycles. The number of hydrogen-bond acceptors (Lipinski definition) is 5. The molecule has 0 unspecified atom stereocenters. The molecular formula is C12H15N3O5. The Kier molecular flexibility index (Phi) is 5.45. The zero-order valence-electron chi connectivity index (χ0n) is 10.9. The first-order chi connectivity index (χ1) is 9.45. The van der Waals surface area contributed by atoms with Crippen LogP contribution in [0.3, 0.4) is 0 Å². The fraction of sp³-hybridized carbons (Fsp3) is 0.333. The van der Waals surface area contributed by atoms with Crippen LogP contribution < -0.4 is 10.6 Å². The molecule has 1 rings (SSSR count). The first-order valence-electron chi connectivity index (χ1n) is 5.92. The zero-order valence-corrected chi connectivity index (χ0v) is 10.9. The molecule has 0 saturated heterocycles. The van der Waals surface area contributed by atoms with Crippen LogP contribution in [0.1, 0.15) is 23.2 Å². The van der Waals surface area contributed by atoms with Gasteiger partial charge in [0.2, 0.25) is 0 Å². The fourth-order valence-electron chi connectivity index (χ4n) is 1.58. The number of nitro groups is 1. The molecule has 0 atom stereocenters. The van der Waals surface area contributed by atoms with Crippen molar-refractivity contribution in [2.24, 2.45) is 0 Å². The van der Waals surface area contributed by atoms with Crippen LogP contribution in [0.2, 0.25) is 0 Å². The summed E-state index contributed by atoms with van der Waals surface area (Å²) in [7, 11) is 1.44. The number of nitrogens with one attached hydrogen (secondary N) is 2. The molecule has 0 aromatic heterocycles. The van der Waals surface area contributed by atoms with Crippen LogP contribution in [-0.2, 0) is 4.79 Å². The van der Waals surface area contributed by atoms with Gasteiger partial charge in [-0.1, -0.05) is 0 Å². The maximum atomic E-state index is 11.4. The quantitative estimate of drug-likeness (QED) is 0.392. The number of carboxylic acid groups (broad SMARTS) is 1. The Labute approximate surface area is 114 Å². The lowest BCUT2D eigenvalue weighted by atomic mass is 10.1. The van der Waals surface area contributed by atoms with E-state index in [0.717, 1.165) is 0 Å². The van der Waals surface area contributed by atoms with Gasteiger partial charge in [0.05, 0.1) is 4.92 Å². The van der Waals surface area contributed by atoms with Gasteiger partial charge in [-0.3, -0.25) is 19.7 Å². The van der Waals surface area contributed by atoms with Gasteiger partial charge >= 0.3 is 5.97 Å². The van der Waals surface area contributed by atoms with E-state index in [0.29, 0.717) is 13.0 Å². The van der Waals surface area contributed by atoms with E-state index in [1.807, 2.05) is 0 Å². The average Bonchev–Trinajstić information content (AvgIpc) is 2.42. The summed E-state index contributed by atoms with van der Waals surface area (Å²) in [5.74, 6) is -1.33. The SMILES string of the molecule is CNC(=O)c1ccc(NCCCC(=O)O)c([N+](=O)[O-])c1. The maximum absolute atomic E-state index is 11.4. The second-order valence-corrected chi connectivity index (χ2v) is 3.99. The van der Waals surface area contributed by atoms with E-state index >= 15 is 0 Å². The minimum atomic E-state index is -0.920. The molecule has 3 N–H and O–H groups in total. The molecular weight excluding hydrogens is 266 g/mol. The molecule has 8 heteroatoms. The Balaban J connectivity index is 2.82. The van der Waals surface area contributed by atoms with Gasteiger partial charge < -0.3 is 15.7 Å². The Bertz CT molecular complexity index is 530. The summed E-state index contributed by atoms with van der Waals surface area (Å²) < 4.78 is 0. The molecule has 0 aliphatic heterocycles. The number of carboxylic acids is 1. The molecule has 0 bridgehead atoms. The first-order valence-corrected chi connectivity index (χ1v) is 5.92. The van der Waals surface area contributed by atoms with Gasteiger partial charge in [0.15, 0.2) is 0 Å². The predicted octanol–water partition coefficient (Wildman–Crippen LogP) is 1.23. The van der Waals surface area contributed by atoms with Crippen LogP contribution in [0.15, 0.2) is 18.2 Å². The molecule has 0 spiro atoms. The van der Waals surface area contributed by atoms with Crippen LogP contribution in [0.5, 0.6) is 0 Å². The van der Waals surface area contributed by atoms with Crippen molar-refractivity contribution in [3.05, 3.63) is 33.9 Å². The summed E-state index contributed by atoms with van der Waals surface area (Å²) in [5.41, 5.74) is 0.227. The molecule has 0 aliphatic rings. The standard InChI is InChI=1S/C12H15N3O5/c1-13-12(18)8-4-5-9(10(7-8)15(19)20)14-6-2-3-11(16)17/h4-5,7,14H,2-3,6H2,1H3,(H,13,18)(H,16,17).